The number of fused-ring (bicyclic) bond motifs is 1. The summed E-state index contributed by atoms with van der Waals surface area (Å²) < 4.78 is 0. The van der Waals surface area contributed by atoms with Crippen LogP contribution in [0.2, 0.25) is 0 Å². The van der Waals surface area contributed by atoms with Gasteiger partial charge in [0.25, 0.3) is 0 Å². The minimum Gasteiger partial charge on any atom is -0.367 e. The van der Waals surface area contributed by atoms with Crippen molar-refractivity contribution in [2.24, 2.45) is 0 Å². The van der Waals surface area contributed by atoms with Gasteiger partial charge in [0.05, 0.1) is 6.04 Å². The maximum atomic E-state index is 2.46. The average molecular weight is 402 g/mol. The van der Waals surface area contributed by atoms with Gasteiger partial charge in [-0.3, -0.25) is 0 Å². The molecule has 1 aliphatic heterocycles. The highest BCUT2D eigenvalue weighted by Crippen LogP contribution is 2.54. The quantitative estimate of drug-likeness (QED) is 0.335. The Hall–Kier alpha value is -3.58. The number of benzene rings is 4. The Morgan fingerprint density at radius 3 is 1.97 bits per heavy atom. The van der Waals surface area contributed by atoms with Gasteiger partial charge in [0.1, 0.15) is 0 Å². The lowest BCUT2D eigenvalue weighted by Gasteiger charge is -2.32. The van der Waals surface area contributed by atoms with E-state index in [0.717, 1.165) is 0 Å². The standard InChI is InChI=1S/C30H27N/c1-31-28-20-12-11-19-27(28)29(30(31)25-17-9-4-10-18-25)26(24-15-7-3-8-16-24)22-21-23-13-5-2-6-14-23/h2-22,26,29-30H,1H3/b22-21+/t26-,29-,30+/m0/s1. The number of hydrogen-bond donors (Lipinski definition) is 0. The van der Waals surface area contributed by atoms with Crippen molar-refractivity contribution in [1.82, 2.24) is 0 Å². The summed E-state index contributed by atoms with van der Waals surface area (Å²) in [6.07, 6.45) is 4.68. The lowest BCUT2D eigenvalue weighted by molar-refractivity contribution is 0.527. The molecule has 0 aromatic heterocycles. The van der Waals surface area contributed by atoms with Crippen molar-refractivity contribution in [1.29, 1.82) is 0 Å². The van der Waals surface area contributed by atoms with E-state index >= 15 is 0 Å². The van der Waals surface area contributed by atoms with Crippen LogP contribution >= 0.6 is 0 Å². The molecule has 1 heteroatoms. The first-order valence-corrected chi connectivity index (χ1v) is 11.0. The van der Waals surface area contributed by atoms with E-state index in [1.165, 1.54) is 27.9 Å². The fraction of sp³-hybridized carbons (Fsp3) is 0.133. The molecular formula is C30H27N. The number of rotatable bonds is 5. The largest absolute Gasteiger partial charge is 0.367 e. The smallest absolute Gasteiger partial charge is 0.0617 e. The molecule has 0 amide bonds. The van der Waals surface area contributed by atoms with Crippen molar-refractivity contribution in [3.8, 4) is 0 Å². The molecule has 3 atom stereocenters. The monoisotopic (exact) mass is 401 g/mol. The second-order valence-electron chi connectivity index (χ2n) is 8.26. The number of hydrogen-bond acceptors (Lipinski definition) is 1. The zero-order chi connectivity index (χ0) is 21.0. The van der Waals surface area contributed by atoms with Gasteiger partial charge in [-0.25, -0.2) is 0 Å². The summed E-state index contributed by atoms with van der Waals surface area (Å²) in [4.78, 5) is 2.46. The maximum absolute atomic E-state index is 2.46. The summed E-state index contributed by atoms with van der Waals surface area (Å²) in [5.74, 6) is 0.587. The zero-order valence-corrected chi connectivity index (χ0v) is 17.8. The summed E-state index contributed by atoms with van der Waals surface area (Å²) in [5.41, 5.74) is 6.70. The predicted octanol–water partition coefficient (Wildman–Crippen LogP) is 7.46. The fourth-order valence-corrected chi connectivity index (χ4v) is 5.01. The molecule has 0 fully saturated rings. The lowest BCUT2D eigenvalue weighted by Crippen LogP contribution is -2.25. The third-order valence-electron chi connectivity index (χ3n) is 6.44. The molecule has 1 aliphatic rings. The van der Waals surface area contributed by atoms with Gasteiger partial charge in [0.2, 0.25) is 0 Å². The number of nitrogens with zero attached hydrogens (tertiary/aromatic N) is 1. The molecule has 0 spiro atoms. The molecule has 5 rings (SSSR count). The number of likely N-dealkylation sites (N-methyl/N-ethyl adjacent to an activating group) is 1. The van der Waals surface area contributed by atoms with Crippen molar-refractivity contribution in [2.75, 3.05) is 11.9 Å². The van der Waals surface area contributed by atoms with Crippen molar-refractivity contribution in [3.05, 3.63) is 144 Å². The molecule has 1 nitrogen and oxygen atoms in total. The van der Waals surface area contributed by atoms with E-state index in [0.29, 0.717) is 5.92 Å². The Balaban J connectivity index is 1.66. The normalized spacial score (nSPS) is 18.8. The van der Waals surface area contributed by atoms with Gasteiger partial charge in [-0.2, -0.15) is 0 Å². The maximum Gasteiger partial charge on any atom is 0.0617 e. The molecule has 0 bridgehead atoms. The van der Waals surface area contributed by atoms with E-state index in [4.69, 9.17) is 0 Å². The Morgan fingerprint density at radius 1 is 0.677 bits per heavy atom. The lowest BCUT2D eigenvalue weighted by atomic mass is 9.76. The van der Waals surface area contributed by atoms with Gasteiger partial charge in [-0.1, -0.05) is 121 Å². The number of para-hydroxylation sites is 1. The van der Waals surface area contributed by atoms with Gasteiger partial charge in [-0.05, 0) is 28.3 Å². The molecule has 1 heterocycles. The highest BCUT2D eigenvalue weighted by atomic mass is 15.2. The van der Waals surface area contributed by atoms with Crippen LogP contribution in [0.4, 0.5) is 5.69 Å². The number of anilines is 1. The molecule has 0 aliphatic carbocycles. The molecular weight excluding hydrogens is 374 g/mol. The van der Waals surface area contributed by atoms with Crippen LogP contribution in [0, 0.1) is 0 Å². The Bertz CT molecular complexity index is 1150. The summed E-state index contributed by atoms with van der Waals surface area (Å²) in [6.45, 7) is 0. The van der Waals surface area contributed by atoms with Gasteiger partial charge in [0.15, 0.2) is 0 Å². The molecule has 0 radical (unpaired) electrons. The van der Waals surface area contributed by atoms with E-state index in [2.05, 4.69) is 139 Å². The zero-order valence-electron chi connectivity index (χ0n) is 17.8. The minimum absolute atomic E-state index is 0.262. The van der Waals surface area contributed by atoms with Gasteiger partial charge in [0, 0.05) is 24.6 Å². The highest BCUT2D eigenvalue weighted by molar-refractivity contribution is 5.65. The van der Waals surface area contributed by atoms with Crippen LogP contribution in [0.25, 0.3) is 6.08 Å². The summed E-state index contributed by atoms with van der Waals surface area (Å²) in [6, 6.07) is 41.7. The van der Waals surface area contributed by atoms with Crippen molar-refractivity contribution in [3.63, 3.8) is 0 Å². The van der Waals surface area contributed by atoms with Crippen LogP contribution < -0.4 is 4.90 Å². The second-order valence-corrected chi connectivity index (χ2v) is 8.26. The molecule has 0 unspecified atom stereocenters. The molecule has 31 heavy (non-hydrogen) atoms. The van der Waals surface area contributed by atoms with E-state index in [-0.39, 0.29) is 12.0 Å². The first kappa shape index (κ1) is 19.4. The van der Waals surface area contributed by atoms with Crippen molar-refractivity contribution < 1.29 is 0 Å². The molecule has 0 saturated heterocycles. The Morgan fingerprint density at radius 2 is 1.26 bits per heavy atom. The molecule has 0 saturated carbocycles. The van der Waals surface area contributed by atoms with Crippen LogP contribution in [0.5, 0.6) is 0 Å². The van der Waals surface area contributed by atoms with Crippen LogP contribution in [0.15, 0.2) is 121 Å². The van der Waals surface area contributed by atoms with Gasteiger partial charge < -0.3 is 4.90 Å². The molecule has 4 aromatic rings. The van der Waals surface area contributed by atoms with Gasteiger partial charge in [-0.15, -0.1) is 0 Å². The van der Waals surface area contributed by atoms with Crippen molar-refractivity contribution in [2.45, 2.75) is 17.9 Å². The van der Waals surface area contributed by atoms with E-state index in [1.807, 2.05) is 0 Å². The summed E-state index contributed by atoms with van der Waals surface area (Å²) in [7, 11) is 2.24. The van der Waals surface area contributed by atoms with Crippen LogP contribution in [-0.4, -0.2) is 7.05 Å². The molecule has 4 aromatic carbocycles. The molecule has 152 valence electrons. The van der Waals surface area contributed by atoms with E-state index in [9.17, 15) is 0 Å². The topological polar surface area (TPSA) is 3.24 Å². The third kappa shape index (κ3) is 3.80. The first-order chi connectivity index (χ1) is 15.3. The number of allylic oxidation sites excluding steroid dienone is 1. The average Bonchev–Trinajstić information content (AvgIpc) is 3.14. The van der Waals surface area contributed by atoms with Crippen LogP contribution in [0.3, 0.4) is 0 Å². The molecule has 0 N–H and O–H groups in total. The van der Waals surface area contributed by atoms with E-state index in [1.54, 1.807) is 0 Å². The predicted molar refractivity (Wildman–Crippen MR) is 131 cm³/mol. The highest BCUT2D eigenvalue weighted by Gasteiger charge is 2.41. The van der Waals surface area contributed by atoms with Crippen LogP contribution in [-0.2, 0) is 0 Å². The SMILES string of the molecule is CN1c2ccccc2[C@H]([C@@H](/C=C/c2ccccc2)c2ccccc2)[C@H]1c1ccccc1. The Kier molecular flexibility index (Phi) is 5.41. The summed E-state index contributed by atoms with van der Waals surface area (Å²) in [5, 5.41) is 0. The third-order valence-corrected chi connectivity index (χ3v) is 6.44. The summed E-state index contributed by atoms with van der Waals surface area (Å²) >= 11 is 0. The Labute approximate surface area is 185 Å². The van der Waals surface area contributed by atoms with Crippen LogP contribution in [0.1, 0.15) is 40.1 Å². The fourth-order valence-electron chi connectivity index (χ4n) is 5.01. The van der Waals surface area contributed by atoms with E-state index < -0.39 is 0 Å². The van der Waals surface area contributed by atoms with Crippen molar-refractivity contribution >= 4 is 11.8 Å². The minimum atomic E-state index is 0.262. The van der Waals surface area contributed by atoms with Gasteiger partial charge >= 0.3 is 0 Å². The first-order valence-electron chi connectivity index (χ1n) is 11.0. The second kappa shape index (κ2) is 8.65.